The van der Waals surface area contributed by atoms with E-state index in [1.54, 1.807) is 4.57 Å². The minimum absolute atomic E-state index is 0.107. The number of rotatable bonds is 10. The van der Waals surface area contributed by atoms with Crippen LogP contribution in [0.4, 0.5) is 0 Å². The largest absolute Gasteiger partial charge is 0.476 e. The van der Waals surface area contributed by atoms with Crippen molar-refractivity contribution in [2.45, 2.75) is 32.7 Å². The molecule has 0 spiro atoms. The molecule has 0 aliphatic carbocycles. The summed E-state index contributed by atoms with van der Waals surface area (Å²) in [5, 5.41) is 9.36. The van der Waals surface area contributed by atoms with Gasteiger partial charge in [0.25, 0.3) is 5.56 Å². The molecule has 0 saturated heterocycles. The molecule has 0 saturated carbocycles. The van der Waals surface area contributed by atoms with Crippen molar-refractivity contribution < 1.29 is 4.74 Å². The fourth-order valence-electron chi connectivity index (χ4n) is 3.44. The van der Waals surface area contributed by atoms with Crippen LogP contribution in [0.3, 0.4) is 0 Å². The van der Waals surface area contributed by atoms with Gasteiger partial charge >= 0.3 is 0 Å². The summed E-state index contributed by atoms with van der Waals surface area (Å²) in [6.07, 6.45) is 2.70. The first-order valence-corrected chi connectivity index (χ1v) is 11.0. The van der Waals surface area contributed by atoms with Crippen LogP contribution in [0.15, 0.2) is 59.4 Å². The van der Waals surface area contributed by atoms with Crippen LogP contribution in [0.5, 0.6) is 5.88 Å². The number of aromatic nitrogens is 2. The van der Waals surface area contributed by atoms with Gasteiger partial charge in [0.1, 0.15) is 12.4 Å². The lowest BCUT2D eigenvalue weighted by molar-refractivity contribution is 0.251. The second kappa shape index (κ2) is 11.3. The van der Waals surface area contributed by atoms with Gasteiger partial charge in [0, 0.05) is 13.0 Å². The lowest BCUT2D eigenvalue weighted by Gasteiger charge is -2.15. The van der Waals surface area contributed by atoms with E-state index in [2.05, 4.69) is 18.0 Å². The Kier molecular flexibility index (Phi) is 8.18. The van der Waals surface area contributed by atoms with Gasteiger partial charge < -0.3 is 9.64 Å². The van der Waals surface area contributed by atoms with E-state index in [9.17, 15) is 10.1 Å². The van der Waals surface area contributed by atoms with Crippen LogP contribution in [-0.2, 0) is 13.0 Å². The van der Waals surface area contributed by atoms with Crippen LogP contribution in [0.1, 0.15) is 36.7 Å². The van der Waals surface area contributed by atoms with E-state index >= 15 is 0 Å². The number of likely N-dealkylation sites (N-methyl/N-ethyl adjacent to an activating group) is 1. The zero-order valence-electron chi connectivity index (χ0n) is 19.0. The second-order valence-electron chi connectivity index (χ2n) is 8.04. The average molecular weight is 431 g/mol. The normalized spacial score (nSPS) is 10.8. The van der Waals surface area contributed by atoms with Gasteiger partial charge in [0.15, 0.2) is 0 Å². The van der Waals surface area contributed by atoms with Crippen molar-refractivity contribution in [3.63, 3.8) is 0 Å². The van der Waals surface area contributed by atoms with Gasteiger partial charge in [-0.2, -0.15) is 10.2 Å². The van der Waals surface area contributed by atoms with E-state index in [1.807, 2.05) is 67.5 Å². The number of hydrogen-bond acceptors (Lipinski definition) is 5. The maximum Gasteiger partial charge on any atom is 0.257 e. The second-order valence-corrected chi connectivity index (χ2v) is 8.04. The third kappa shape index (κ3) is 6.05. The Morgan fingerprint density at radius 2 is 1.88 bits per heavy atom. The van der Waals surface area contributed by atoms with E-state index in [4.69, 9.17) is 4.74 Å². The van der Waals surface area contributed by atoms with Crippen LogP contribution in [0, 0.1) is 11.3 Å². The van der Waals surface area contributed by atoms with Crippen LogP contribution in [-0.4, -0.2) is 41.7 Å². The lowest BCUT2D eigenvalue weighted by atomic mass is 9.99. The molecule has 0 aliphatic heterocycles. The summed E-state index contributed by atoms with van der Waals surface area (Å²) in [5.74, 6) is 1.14. The van der Waals surface area contributed by atoms with Crippen LogP contribution < -0.4 is 10.3 Å². The summed E-state index contributed by atoms with van der Waals surface area (Å²) in [4.78, 5) is 19.6. The number of ether oxygens (including phenoxy) is 1. The molecular formula is C26H30N4O2. The summed E-state index contributed by atoms with van der Waals surface area (Å²) in [6.45, 7) is 3.82. The number of benzene rings is 2. The van der Waals surface area contributed by atoms with Crippen molar-refractivity contribution in [1.29, 1.82) is 5.26 Å². The molecule has 0 radical (unpaired) electrons. The Labute approximate surface area is 189 Å². The summed E-state index contributed by atoms with van der Waals surface area (Å²) in [7, 11) is 3.96. The Morgan fingerprint density at radius 3 is 2.56 bits per heavy atom. The van der Waals surface area contributed by atoms with Crippen molar-refractivity contribution in [3.05, 3.63) is 81.9 Å². The molecule has 166 valence electrons. The first-order valence-electron chi connectivity index (χ1n) is 11.0. The fourth-order valence-corrected chi connectivity index (χ4v) is 3.44. The highest BCUT2D eigenvalue weighted by Crippen LogP contribution is 2.23. The first kappa shape index (κ1) is 23.2. The molecule has 1 aromatic heterocycles. The maximum atomic E-state index is 12.9. The van der Waals surface area contributed by atoms with Crippen molar-refractivity contribution in [3.8, 4) is 23.1 Å². The Hall–Kier alpha value is -3.43. The molecule has 0 amide bonds. The Balaban J connectivity index is 1.84. The monoisotopic (exact) mass is 430 g/mol. The lowest BCUT2D eigenvalue weighted by Crippen LogP contribution is -2.26. The number of aryl methyl sites for hydroxylation is 1. The zero-order chi connectivity index (χ0) is 22.9. The molecule has 2 aromatic carbocycles. The van der Waals surface area contributed by atoms with Crippen molar-refractivity contribution in [2.24, 2.45) is 0 Å². The summed E-state index contributed by atoms with van der Waals surface area (Å²) in [6, 6.07) is 19.3. The quantitative estimate of drug-likeness (QED) is 0.484. The molecule has 3 aromatic rings. The summed E-state index contributed by atoms with van der Waals surface area (Å²) >= 11 is 0. The Bertz CT molecular complexity index is 1130. The van der Waals surface area contributed by atoms with Gasteiger partial charge in [-0.15, -0.1) is 0 Å². The Morgan fingerprint density at radius 1 is 1.12 bits per heavy atom. The minimum atomic E-state index is -0.107. The molecule has 6 nitrogen and oxygen atoms in total. The van der Waals surface area contributed by atoms with Gasteiger partial charge in [-0.25, -0.2) is 0 Å². The third-order valence-corrected chi connectivity index (χ3v) is 5.26. The first-order chi connectivity index (χ1) is 15.5. The fraction of sp³-hybridized carbons (Fsp3) is 0.346. The van der Waals surface area contributed by atoms with Gasteiger partial charge in [-0.1, -0.05) is 55.8 Å². The number of hydrogen-bond donors (Lipinski definition) is 0. The van der Waals surface area contributed by atoms with Crippen molar-refractivity contribution in [2.75, 3.05) is 27.2 Å². The van der Waals surface area contributed by atoms with Gasteiger partial charge in [0.05, 0.1) is 24.2 Å². The van der Waals surface area contributed by atoms with Gasteiger partial charge in [-0.3, -0.25) is 9.36 Å². The summed E-state index contributed by atoms with van der Waals surface area (Å²) < 4.78 is 7.45. The van der Waals surface area contributed by atoms with E-state index < -0.39 is 0 Å². The van der Waals surface area contributed by atoms with Gasteiger partial charge in [-0.05, 0) is 43.3 Å². The standard InChI is InChI=1S/C26H30N4O2/c1-4-5-10-24-28-25(32-16-15-29(2)3)17-26(31)30(24)19-20-11-13-21(14-12-20)23-9-7-6-8-22(23)18-27/h6-9,11-14,17H,4-5,10,15-16,19H2,1-3H3. The molecule has 3 rings (SSSR count). The highest BCUT2D eigenvalue weighted by atomic mass is 16.5. The van der Waals surface area contributed by atoms with Gasteiger partial charge in [0.2, 0.25) is 5.88 Å². The van der Waals surface area contributed by atoms with Crippen LogP contribution >= 0.6 is 0 Å². The maximum absolute atomic E-state index is 12.9. The number of unbranched alkanes of at least 4 members (excludes halogenated alkanes) is 1. The smallest absolute Gasteiger partial charge is 0.257 e. The molecule has 1 heterocycles. The number of nitrogens with zero attached hydrogens (tertiary/aromatic N) is 4. The third-order valence-electron chi connectivity index (χ3n) is 5.26. The van der Waals surface area contributed by atoms with Crippen molar-refractivity contribution >= 4 is 0 Å². The van der Waals surface area contributed by atoms with E-state index in [0.717, 1.165) is 48.3 Å². The predicted octanol–water partition coefficient (Wildman–Crippen LogP) is 4.11. The molecular weight excluding hydrogens is 400 g/mol. The van der Waals surface area contributed by atoms with E-state index in [0.29, 0.717) is 24.6 Å². The molecule has 6 heteroatoms. The average Bonchev–Trinajstić information content (AvgIpc) is 2.79. The van der Waals surface area contributed by atoms with Crippen molar-refractivity contribution in [1.82, 2.24) is 14.5 Å². The van der Waals surface area contributed by atoms with Crippen LogP contribution in [0.25, 0.3) is 11.1 Å². The predicted molar refractivity (Wildman–Crippen MR) is 127 cm³/mol. The highest BCUT2D eigenvalue weighted by Gasteiger charge is 2.11. The summed E-state index contributed by atoms with van der Waals surface area (Å²) in [5.41, 5.74) is 3.43. The van der Waals surface area contributed by atoms with E-state index in [-0.39, 0.29) is 5.56 Å². The number of nitriles is 1. The molecule has 0 fully saturated rings. The zero-order valence-corrected chi connectivity index (χ0v) is 19.0. The van der Waals surface area contributed by atoms with E-state index in [1.165, 1.54) is 6.07 Å². The van der Waals surface area contributed by atoms with Crippen LogP contribution in [0.2, 0.25) is 0 Å². The highest BCUT2D eigenvalue weighted by molar-refractivity contribution is 5.70. The molecule has 0 N–H and O–H groups in total. The minimum Gasteiger partial charge on any atom is -0.476 e. The molecule has 0 atom stereocenters. The molecule has 0 bridgehead atoms. The molecule has 32 heavy (non-hydrogen) atoms. The molecule has 0 unspecified atom stereocenters. The molecule has 0 aliphatic rings. The SMILES string of the molecule is CCCCc1nc(OCCN(C)C)cc(=O)n1Cc1ccc(-c2ccccc2C#N)cc1. The topological polar surface area (TPSA) is 71.2 Å².